The molecule has 1 N–H and O–H groups in total. The number of benzene rings is 1. The minimum Gasteiger partial charge on any atom is -0.476 e. The number of halogens is 2. The fourth-order valence-corrected chi connectivity index (χ4v) is 1.65. The Bertz CT molecular complexity index is 622. The smallest absolute Gasteiger partial charge is 0.357 e. The molecule has 0 bridgehead atoms. The Balaban J connectivity index is 2.24. The molecule has 6 heteroatoms. The van der Waals surface area contributed by atoms with E-state index in [1.807, 2.05) is 0 Å². The normalized spacial score (nSPS) is 11.0. The van der Waals surface area contributed by atoms with Gasteiger partial charge in [0.2, 0.25) is 5.89 Å². The molecule has 0 atom stereocenters. The summed E-state index contributed by atoms with van der Waals surface area (Å²) < 4.78 is 18.8. The Morgan fingerprint density at radius 1 is 1.44 bits per heavy atom. The number of hydrogen-bond donors (Lipinski definition) is 1. The highest BCUT2D eigenvalue weighted by atomic mass is 79.9. The Morgan fingerprint density at radius 2 is 2.22 bits per heavy atom. The van der Waals surface area contributed by atoms with Gasteiger partial charge in [-0.25, -0.2) is 14.2 Å². The van der Waals surface area contributed by atoms with Crippen molar-refractivity contribution < 1.29 is 18.7 Å². The van der Waals surface area contributed by atoms with Crippen LogP contribution in [0.4, 0.5) is 4.39 Å². The van der Waals surface area contributed by atoms with Gasteiger partial charge in [0.15, 0.2) is 5.69 Å². The third-order valence-electron chi connectivity index (χ3n) is 2.13. The van der Waals surface area contributed by atoms with Crippen LogP contribution in [0, 0.1) is 5.82 Å². The van der Waals surface area contributed by atoms with Crippen LogP contribution in [-0.4, -0.2) is 16.1 Å². The molecule has 0 saturated carbocycles. The predicted octanol–water partition coefficient (Wildman–Crippen LogP) is 3.44. The first-order valence-electron chi connectivity index (χ1n) is 4.89. The van der Waals surface area contributed by atoms with Crippen molar-refractivity contribution in [3.63, 3.8) is 0 Å². The highest BCUT2D eigenvalue weighted by Gasteiger charge is 2.08. The van der Waals surface area contributed by atoms with Crippen molar-refractivity contribution in [1.82, 2.24) is 4.98 Å². The molecule has 0 radical (unpaired) electrons. The van der Waals surface area contributed by atoms with E-state index in [-0.39, 0.29) is 11.6 Å². The summed E-state index contributed by atoms with van der Waals surface area (Å²) in [6.45, 7) is 0. The van der Waals surface area contributed by atoms with E-state index < -0.39 is 11.8 Å². The molecule has 2 rings (SSSR count). The minimum absolute atomic E-state index is 0.103. The van der Waals surface area contributed by atoms with Crippen LogP contribution in [0.3, 0.4) is 0 Å². The first kappa shape index (κ1) is 12.5. The molecular formula is C12H7BrFNO3. The molecule has 1 aromatic heterocycles. The second kappa shape index (κ2) is 5.14. The second-order valence-electron chi connectivity index (χ2n) is 3.35. The standard InChI is InChI=1S/C12H7BrFNO3/c13-8-3-1-2-7(11(8)14)4-5-10-15-9(6-18-10)12(16)17/h1-6H,(H,16,17)/b5-4+. The summed E-state index contributed by atoms with van der Waals surface area (Å²) in [4.78, 5) is 14.3. The van der Waals surface area contributed by atoms with Gasteiger partial charge >= 0.3 is 5.97 Å². The van der Waals surface area contributed by atoms with E-state index in [9.17, 15) is 9.18 Å². The Labute approximate surface area is 110 Å². The van der Waals surface area contributed by atoms with Gasteiger partial charge in [0.05, 0.1) is 4.47 Å². The lowest BCUT2D eigenvalue weighted by molar-refractivity contribution is 0.0690. The number of carboxylic acid groups (broad SMARTS) is 1. The van der Waals surface area contributed by atoms with Crippen molar-refractivity contribution in [3.05, 3.63) is 51.9 Å². The summed E-state index contributed by atoms with van der Waals surface area (Å²) in [5, 5.41) is 8.65. The minimum atomic E-state index is -1.17. The molecule has 0 spiro atoms. The van der Waals surface area contributed by atoms with Crippen LogP contribution < -0.4 is 0 Å². The number of carboxylic acids is 1. The molecule has 0 aliphatic carbocycles. The van der Waals surface area contributed by atoms with Crippen LogP contribution in [0.15, 0.2) is 33.4 Å². The highest BCUT2D eigenvalue weighted by molar-refractivity contribution is 9.10. The Hall–Kier alpha value is -1.95. The van der Waals surface area contributed by atoms with Crippen LogP contribution in [0.25, 0.3) is 12.2 Å². The van der Waals surface area contributed by atoms with Crippen LogP contribution >= 0.6 is 15.9 Å². The van der Waals surface area contributed by atoms with E-state index in [0.29, 0.717) is 10.0 Å². The van der Waals surface area contributed by atoms with E-state index in [1.54, 1.807) is 18.2 Å². The van der Waals surface area contributed by atoms with Gasteiger partial charge in [0.1, 0.15) is 12.1 Å². The predicted molar refractivity (Wildman–Crippen MR) is 66.5 cm³/mol. The molecule has 0 fully saturated rings. The molecule has 18 heavy (non-hydrogen) atoms. The summed E-state index contributed by atoms with van der Waals surface area (Å²) in [6.07, 6.45) is 3.88. The Morgan fingerprint density at radius 3 is 2.89 bits per heavy atom. The average molecular weight is 312 g/mol. The molecule has 4 nitrogen and oxygen atoms in total. The lowest BCUT2D eigenvalue weighted by atomic mass is 10.2. The summed E-state index contributed by atoms with van der Waals surface area (Å²) in [6, 6.07) is 4.85. The number of rotatable bonds is 3. The molecule has 0 aliphatic heterocycles. The van der Waals surface area contributed by atoms with Gasteiger partial charge in [-0.15, -0.1) is 0 Å². The van der Waals surface area contributed by atoms with Gasteiger partial charge in [-0.05, 0) is 28.1 Å². The van der Waals surface area contributed by atoms with Crippen LogP contribution in [0.1, 0.15) is 21.9 Å². The summed E-state index contributed by atoms with van der Waals surface area (Å²) in [5.74, 6) is -1.47. The molecular weight excluding hydrogens is 305 g/mol. The molecule has 0 amide bonds. The Kier molecular flexibility index (Phi) is 3.57. The monoisotopic (exact) mass is 311 g/mol. The third-order valence-corrected chi connectivity index (χ3v) is 2.74. The third kappa shape index (κ3) is 2.65. The SMILES string of the molecule is O=C(O)c1coc(/C=C/c2cccc(Br)c2F)n1. The number of nitrogens with zero attached hydrogens (tertiary/aromatic N) is 1. The maximum absolute atomic E-state index is 13.6. The van der Waals surface area contributed by atoms with Gasteiger partial charge in [-0.1, -0.05) is 12.1 Å². The van der Waals surface area contributed by atoms with Gasteiger partial charge in [-0.2, -0.15) is 0 Å². The van der Waals surface area contributed by atoms with Crippen molar-refractivity contribution in [3.8, 4) is 0 Å². The number of carbonyl (C=O) groups is 1. The van der Waals surface area contributed by atoms with Gasteiger partial charge in [-0.3, -0.25) is 0 Å². The lowest BCUT2D eigenvalue weighted by Gasteiger charge is -1.97. The molecule has 0 unspecified atom stereocenters. The molecule has 1 heterocycles. The van der Waals surface area contributed by atoms with Gasteiger partial charge in [0.25, 0.3) is 0 Å². The summed E-state index contributed by atoms with van der Waals surface area (Å²) in [5.41, 5.74) is 0.156. The largest absolute Gasteiger partial charge is 0.476 e. The van der Waals surface area contributed by atoms with E-state index >= 15 is 0 Å². The number of aromatic carboxylic acids is 1. The van der Waals surface area contributed by atoms with Gasteiger partial charge in [0, 0.05) is 11.6 Å². The summed E-state index contributed by atoms with van der Waals surface area (Å²) in [7, 11) is 0. The quantitative estimate of drug-likeness (QED) is 0.943. The van der Waals surface area contributed by atoms with Gasteiger partial charge < -0.3 is 9.52 Å². The van der Waals surface area contributed by atoms with E-state index in [4.69, 9.17) is 9.52 Å². The van der Waals surface area contributed by atoms with Crippen molar-refractivity contribution >= 4 is 34.1 Å². The average Bonchev–Trinajstić information content (AvgIpc) is 2.80. The van der Waals surface area contributed by atoms with E-state index in [0.717, 1.165) is 6.26 Å². The fourth-order valence-electron chi connectivity index (χ4n) is 1.27. The van der Waals surface area contributed by atoms with E-state index in [2.05, 4.69) is 20.9 Å². The zero-order valence-corrected chi connectivity index (χ0v) is 10.5. The lowest BCUT2D eigenvalue weighted by Crippen LogP contribution is -1.95. The second-order valence-corrected chi connectivity index (χ2v) is 4.21. The first-order chi connectivity index (χ1) is 8.58. The number of hydrogen-bond acceptors (Lipinski definition) is 3. The molecule has 92 valence electrons. The molecule has 0 saturated heterocycles. The van der Waals surface area contributed by atoms with Crippen LogP contribution in [-0.2, 0) is 0 Å². The topological polar surface area (TPSA) is 63.3 Å². The molecule has 1 aromatic carbocycles. The zero-order chi connectivity index (χ0) is 13.1. The fraction of sp³-hybridized carbons (Fsp3) is 0. The van der Waals surface area contributed by atoms with Crippen LogP contribution in [0.5, 0.6) is 0 Å². The maximum Gasteiger partial charge on any atom is 0.357 e. The summed E-state index contributed by atoms with van der Waals surface area (Å²) >= 11 is 3.07. The first-order valence-corrected chi connectivity index (χ1v) is 5.68. The van der Waals surface area contributed by atoms with Crippen LogP contribution in [0.2, 0.25) is 0 Å². The van der Waals surface area contributed by atoms with Crippen molar-refractivity contribution in [1.29, 1.82) is 0 Å². The maximum atomic E-state index is 13.6. The molecule has 2 aromatic rings. The van der Waals surface area contributed by atoms with Crippen molar-refractivity contribution in [2.24, 2.45) is 0 Å². The number of oxazole rings is 1. The molecule has 0 aliphatic rings. The highest BCUT2D eigenvalue weighted by Crippen LogP contribution is 2.20. The number of aromatic nitrogens is 1. The van der Waals surface area contributed by atoms with Crippen molar-refractivity contribution in [2.75, 3.05) is 0 Å². The van der Waals surface area contributed by atoms with Crippen molar-refractivity contribution in [2.45, 2.75) is 0 Å². The van der Waals surface area contributed by atoms with E-state index in [1.165, 1.54) is 12.2 Å². The zero-order valence-electron chi connectivity index (χ0n) is 8.93.